The number of methoxy groups -OCH3 is 1. The second-order valence-corrected chi connectivity index (χ2v) is 7.08. The van der Waals surface area contributed by atoms with Crippen molar-refractivity contribution >= 4 is 30.0 Å². The number of amides is 2. The standard InChI is InChI=1S/C20H25N3O2S/c1-14-11-18(19(25-3)12-15(14)2)21-20(24)23-9-7-22(8-10-23)16-5-4-6-17(26)13-16/h4-6,11-13,26H,7-10H2,1-3H3,(H,21,24). The molecule has 1 fully saturated rings. The Kier molecular flexibility index (Phi) is 5.61. The number of ether oxygens (including phenoxy) is 1. The van der Waals surface area contributed by atoms with Crippen molar-refractivity contribution in [2.45, 2.75) is 18.7 Å². The number of thiol groups is 1. The van der Waals surface area contributed by atoms with Gasteiger partial charge in [0.15, 0.2) is 0 Å². The van der Waals surface area contributed by atoms with Crippen LogP contribution in [0.4, 0.5) is 16.2 Å². The number of rotatable bonds is 3. The molecule has 1 saturated heterocycles. The summed E-state index contributed by atoms with van der Waals surface area (Å²) in [5.41, 5.74) is 4.12. The third-order valence-electron chi connectivity index (χ3n) is 4.82. The number of nitrogens with one attached hydrogen (secondary N) is 1. The lowest BCUT2D eigenvalue weighted by Crippen LogP contribution is -2.50. The zero-order valence-corrected chi connectivity index (χ0v) is 16.3. The van der Waals surface area contributed by atoms with Gasteiger partial charge in [-0.25, -0.2) is 4.79 Å². The topological polar surface area (TPSA) is 44.8 Å². The number of urea groups is 1. The molecule has 2 amide bonds. The molecule has 0 atom stereocenters. The van der Waals surface area contributed by atoms with Crippen molar-refractivity contribution in [1.29, 1.82) is 0 Å². The molecule has 138 valence electrons. The van der Waals surface area contributed by atoms with Gasteiger partial charge in [-0.3, -0.25) is 0 Å². The number of hydrogen-bond acceptors (Lipinski definition) is 4. The van der Waals surface area contributed by atoms with Crippen LogP contribution in [-0.2, 0) is 0 Å². The molecule has 0 aliphatic carbocycles. The van der Waals surface area contributed by atoms with E-state index in [2.05, 4.69) is 35.0 Å². The third-order valence-corrected chi connectivity index (χ3v) is 5.10. The summed E-state index contributed by atoms with van der Waals surface area (Å²) < 4.78 is 5.41. The largest absolute Gasteiger partial charge is 0.495 e. The minimum absolute atomic E-state index is 0.0888. The van der Waals surface area contributed by atoms with E-state index in [0.29, 0.717) is 24.5 Å². The van der Waals surface area contributed by atoms with E-state index in [4.69, 9.17) is 4.74 Å². The predicted molar refractivity (Wildman–Crippen MR) is 109 cm³/mol. The summed E-state index contributed by atoms with van der Waals surface area (Å²) in [7, 11) is 1.62. The van der Waals surface area contributed by atoms with Crippen LogP contribution in [0.3, 0.4) is 0 Å². The third kappa shape index (κ3) is 4.07. The molecule has 5 nitrogen and oxygen atoms in total. The van der Waals surface area contributed by atoms with Crippen molar-refractivity contribution in [1.82, 2.24) is 4.90 Å². The van der Waals surface area contributed by atoms with Gasteiger partial charge in [0.2, 0.25) is 0 Å². The second kappa shape index (κ2) is 7.91. The van der Waals surface area contributed by atoms with E-state index in [-0.39, 0.29) is 6.03 Å². The van der Waals surface area contributed by atoms with Gasteiger partial charge in [0.25, 0.3) is 0 Å². The summed E-state index contributed by atoms with van der Waals surface area (Å²) in [4.78, 5) is 17.7. The molecule has 2 aromatic carbocycles. The molecule has 1 aliphatic rings. The van der Waals surface area contributed by atoms with Crippen LogP contribution in [-0.4, -0.2) is 44.2 Å². The highest BCUT2D eigenvalue weighted by molar-refractivity contribution is 7.80. The summed E-state index contributed by atoms with van der Waals surface area (Å²) in [6.45, 7) is 7.01. The number of nitrogens with zero attached hydrogens (tertiary/aromatic N) is 2. The van der Waals surface area contributed by atoms with Gasteiger partial charge >= 0.3 is 6.03 Å². The van der Waals surface area contributed by atoms with Crippen LogP contribution in [0.15, 0.2) is 41.3 Å². The maximum atomic E-state index is 12.7. The Labute approximate surface area is 160 Å². The number of anilines is 2. The zero-order valence-electron chi connectivity index (χ0n) is 15.5. The molecule has 2 aromatic rings. The van der Waals surface area contributed by atoms with Crippen molar-refractivity contribution in [3.05, 3.63) is 47.5 Å². The zero-order chi connectivity index (χ0) is 18.7. The van der Waals surface area contributed by atoms with Crippen molar-refractivity contribution in [2.24, 2.45) is 0 Å². The Morgan fingerprint density at radius 3 is 2.42 bits per heavy atom. The molecule has 1 aliphatic heterocycles. The van der Waals surface area contributed by atoms with E-state index >= 15 is 0 Å². The van der Waals surface area contributed by atoms with Gasteiger partial charge in [-0.15, -0.1) is 12.6 Å². The summed E-state index contributed by atoms with van der Waals surface area (Å²) in [5.74, 6) is 0.686. The van der Waals surface area contributed by atoms with Crippen molar-refractivity contribution in [3.8, 4) is 5.75 Å². The first-order valence-electron chi connectivity index (χ1n) is 8.73. The maximum absolute atomic E-state index is 12.7. The lowest BCUT2D eigenvalue weighted by atomic mass is 10.1. The Bertz CT molecular complexity index is 802. The van der Waals surface area contributed by atoms with Gasteiger partial charge in [-0.2, -0.15) is 0 Å². The summed E-state index contributed by atoms with van der Waals surface area (Å²) >= 11 is 4.40. The first kappa shape index (κ1) is 18.5. The van der Waals surface area contributed by atoms with E-state index in [0.717, 1.165) is 34.8 Å². The van der Waals surface area contributed by atoms with E-state index < -0.39 is 0 Å². The molecule has 0 unspecified atom stereocenters. The summed E-state index contributed by atoms with van der Waals surface area (Å²) in [6, 6.07) is 11.9. The monoisotopic (exact) mass is 371 g/mol. The Balaban J connectivity index is 1.63. The molecule has 26 heavy (non-hydrogen) atoms. The maximum Gasteiger partial charge on any atom is 0.322 e. The van der Waals surface area contributed by atoms with Gasteiger partial charge in [0.1, 0.15) is 5.75 Å². The van der Waals surface area contributed by atoms with E-state index in [1.807, 2.05) is 43.0 Å². The van der Waals surface area contributed by atoms with Gasteiger partial charge in [0.05, 0.1) is 12.8 Å². The van der Waals surface area contributed by atoms with Crippen LogP contribution in [0.2, 0.25) is 0 Å². The summed E-state index contributed by atoms with van der Waals surface area (Å²) in [6.07, 6.45) is 0. The molecule has 3 rings (SSSR count). The van der Waals surface area contributed by atoms with Crippen LogP contribution >= 0.6 is 12.6 Å². The lowest BCUT2D eigenvalue weighted by molar-refractivity contribution is 0.208. The highest BCUT2D eigenvalue weighted by atomic mass is 32.1. The highest BCUT2D eigenvalue weighted by Crippen LogP contribution is 2.28. The minimum atomic E-state index is -0.0888. The quantitative estimate of drug-likeness (QED) is 0.803. The number of benzene rings is 2. The van der Waals surface area contributed by atoms with Crippen molar-refractivity contribution in [3.63, 3.8) is 0 Å². The fourth-order valence-electron chi connectivity index (χ4n) is 3.11. The number of aryl methyl sites for hydroxylation is 2. The van der Waals surface area contributed by atoms with Gasteiger partial charge in [-0.05, 0) is 55.3 Å². The molecule has 1 heterocycles. The Hall–Kier alpha value is -2.34. The normalized spacial score (nSPS) is 14.3. The number of carbonyl (C=O) groups excluding carboxylic acids is 1. The highest BCUT2D eigenvalue weighted by Gasteiger charge is 2.22. The number of piperazine rings is 1. The van der Waals surface area contributed by atoms with Crippen LogP contribution in [0, 0.1) is 13.8 Å². The van der Waals surface area contributed by atoms with Crippen LogP contribution in [0.1, 0.15) is 11.1 Å². The van der Waals surface area contributed by atoms with E-state index in [9.17, 15) is 4.79 Å². The summed E-state index contributed by atoms with van der Waals surface area (Å²) in [5, 5.41) is 2.99. The first-order valence-corrected chi connectivity index (χ1v) is 9.18. The van der Waals surface area contributed by atoms with E-state index in [1.165, 1.54) is 0 Å². The average molecular weight is 372 g/mol. The first-order chi connectivity index (χ1) is 12.5. The van der Waals surface area contributed by atoms with Gasteiger partial charge in [0, 0.05) is 36.8 Å². The molecule has 0 aromatic heterocycles. The fourth-order valence-corrected chi connectivity index (χ4v) is 3.33. The molecule has 0 spiro atoms. The van der Waals surface area contributed by atoms with Crippen molar-refractivity contribution in [2.75, 3.05) is 43.5 Å². The van der Waals surface area contributed by atoms with E-state index in [1.54, 1.807) is 7.11 Å². The van der Waals surface area contributed by atoms with Crippen LogP contribution < -0.4 is 15.0 Å². The second-order valence-electron chi connectivity index (χ2n) is 6.56. The van der Waals surface area contributed by atoms with Gasteiger partial charge < -0.3 is 19.9 Å². The van der Waals surface area contributed by atoms with Crippen LogP contribution in [0.5, 0.6) is 5.75 Å². The van der Waals surface area contributed by atoms with Crippen molar-refractivity contribution < 1.29 is 9.53 Å². The molecule has 0 bridgehead atoms. The molecule has 0 radical (unpaired) electrons. The fraction of sp³-hybridized carbons (Fsp3) is 0.350. The molecule has 0 saturated carbocycles. The van der Waals surface area contributed by atoms with Gasteiger partial charge in [-0.1, -0.05) is 6.07 Å². The average Bonchev–Trinajstić information content (AvgIpc) is 2.64. The van der Waals surface area contributed by atoms with Crippen LogP contribution in [0.25, 0.3) is 0 Å². The number of hydrogen-bond donors (Lipinski definition) is 2. The molecule has 1 N–H and O–H groups in total. The molecular formula is C20H25N3O2S. The minimum Gasteiger partial charge on any atom is -0.495 e. The molecular weight excluding hydrogens is 346 g/mol. The number of carbonyl (C=O) groups is 1. The predicted octanol–water partition coefficient (Wildman–Crippen LogP) is 3.95. The Morgan fingerprint density at radius 1 is 1.08 bits per heavy atom. The molecule has 6 heteroatoms. The Morgan fingerprint density at radius 2 is 1.77 bits per heavy atom. The SMILES string of the molecule is COc1cc(C)c(C)cc1NC(=O)N1CCN(c2cccc(S)c2)CC1. The smallest absolute Gasteiger partial charge is 0.322 e. The lowest BCUT2D eigenvalue weighted by Gasteiger charge is -2.36.